The van der Waals surface area contributed by atoms with Crippen molar-refractivity contribution in [3.05, 3.63) is 53.4 Å². The molecule has 2 rings (SSSR count). The van der Waals surface area contributed by atoms with Crippen LogP contribution >= 0.6 is 11.6 Å². The van der Waals surface area contributed by atoms with Gasteiger partial charge in [0.25, 0.3) is 0 Å². The highest BCUT2D eigenvalue weighted by molar-refractivity contribution is 6.28. The van der Waals surface area contributed by atoms with Gasteiger partial charge in [-0.3, -0.25) is 0 Å². The van der Waals surface area contributed by atoms with E-state index >= 15 is 0 Å². The fourth-order valence-electron chi connectivity index (χ4n) is 1.80. The molecule has 1 aromatic heterocycles. The third-order valence-corrected chi connectivity index (χ3v) is 3.37. The Balaban J connectivity index is 2.17. The number of anilines is 1. The molecule has 0 bridgehead atoms. The molecule has 1 aromatic carbocycles. The highest BCUT2D eigenvalue weighted by atomic mass is 35.5. The number of benzene rings is 1. The maximum absolute atomic E-state index is 10.6. The summed E-state index contributed by atoms with van der Waals surface area (Å²) in [5, 5.41) is 14.0. The molecule has 100 valence electrons. The molecule has 2 unspecified atom stereocenters. The second-order valence-corrected chi connectivity index (χ2v) is 4.93. The first kappa shape index (κ1) is 13.8. The van der Waals surface area contributed by atoms with Gasteiger partial charge >= 0.3 is 0 Å². The Kier molecular flexibility index (Phi) is 4.02. The fourth-order valence-corrected chi connectivity index (χ4v) is 1.95. The summed E-state index contributed by atoms with van der Waals surface area (Å²) in [6.07, 6.45) is 1.57. The first-order valence-corrected chi connectivity index (χ1v) is 6.41. The van der Waals surface area contributed by atoms with E-state index in [-0.39, 0.29) is 11.3 Å². The van der Waals surface area contributed by atoms with Crippen LogP contribution in [0, 0.1) is 0 Å². The number of rotatable bonds is 4. The number of nitrogens with zero attached hydrogens (tertiary/aromatic N) is 2. The van der Waals surface area contributed by atoms with Crippen LogP contribution in [-0.2, 0) is 5.60 Å². The molecular formula is C14H16ClN3O. The molecule has 5 heteroatoms. The average molecular weight is 278 g/mol. The zero-order chi connectivity index (χ0) is 13.9. The van der Waals surface area contributed by atoms with Gasteiger partial charge in [-0.2, -0.15) is 0 Å². The topological polar surface area (TPSA) is 58.0 Å². The Labute approximate surface area is 117 Å². The Morgan fingerprint density at radius 1 is 1.26 bits per heavy atom. The maximum atomic E-state index is 10.6. The molecule has 0 fully saturated rings. The maximum Gasteiger partial charge on any atom is 0.224 e. The van der Waals surface area contributed by atoms with Crippen molar-refractivity contribution in [1.82, 2.24) is 9.97 Å². The molecule has 0 saturated carbocycles. The molecule has 1 heterocycles. The van der Waals surface area contributed by atoms with Gasteiger partial charge in [-0.1, -0.05) is 30.3 Å². The molecular weight excluding hydrogens is 262 g/mol. The Bertz CT molecular complexity index is 545. The smallest absolute Gasteiger partial charge is 0.224 e. The van der Waals surface area contributed by atoms with Gasteiger partial charge < -0.3 is 10.4 Å². The minimum Gasteiger partial charge on any atom is -0.383 e. The van der Waals surface area contributed by atoms with Crippen LogP contribution in [0.25, 0.3) is 0 Å². The SMILES string of the molecule is CC(Nc1ccnc(Cl)n1)C(C)(O)c1ccccc1. The minimum atomic E-state index is -1.02. The largest absolute Gasteiger partial charge is 0.383 e. The van der Waals surface area contributed by atoms with Crippen LogP contribution in [0.3, 0.4) is 0 Å². The highest BCUT2D eigenvalue weighted by Crippen LogP contribution is 2.26. The van der Waals surface area contributed by atoms with Crippen LogP contribution in [0.1, 0.15) is 19.4 Å². The number of aliphatic hydroxyl groups is 1. The summed E-state index contributed by atoms with van der Waals surface area (Å²) in [5.74, 6) is 0.587. The molecule has 2 N–H and O–H groups in total. The predicted octanol–water partition coefficient (Wildman–Crippen LogP) is 2.84. The van der Waals surface area contributed by atoms with Crippen LogP contribution in [0.2, 0.25) is 5.28 Å². The lowest BCUT2D eigenvalue weighted by Gasteiger charge is -2.31. The van der Waals surface area contributed by atoms with Crippen molar-refractivity contribution in [3.8, 4) is 0 Å². The van der Waals surface area contributed by atoms with E-state index in [4.69, 9.17) is 11.6 Å². The quantitative estimate of drug-likeness (QED) is 0.844. The number of hydrogen-bond acceptors (Lipinski definition) is 4. The molecule has 0 saturated heterocycles. The molecule has 0 aliphatic rings. The van der Waals surface area contributed by atoms with E-state index in [0.29, 0.717) is 5.82 Å². The van der Waals surface area contributed by atoms with E-state index in [1.165, 1.54) is 0 Å². The van der Waals surface area contributed by atoms with Crippen molar-refractivity contribution in [3.63, 3.8) is 0 Å². The lowest BCUT2D eigenvalue weighted by Crippen LogP contribution is -2.40. The molecule has 0 radical (unpaired) electrons. The van der Waals surface area contributed by atoms with Crippen molar-refractivity contribution in [1.29, 1.82) is 0 Å². The first-order valence-electron chi connectivity index (χ1n) is 6.03. The molecule has 0 spiro atoms. The summed E-state index contributed by atoms with van der Waals surface area (Å²) >= 11 is 5.73. The second kappa shape index (κ2) is 5.55. The first-order chi connectivity index (χ1) is 9.00. The summed E-state index contributed by atoms with van der Waals surface area (Å²) in [6.45, 7) is 3.66. The van der Waals surface area contributed by atoms with E-state index in [1.807, 2.05) is 37.3 Å². The van der Waals surface area contributed by atoms with Gasteiger partial charge in [-0.25, -0.2) is 9.97 Å². The molecule has 19 heavy (non-hydrogen) atoms. The van der Waals surface area contributed by atoms with Crippen LogP contribution in [0.5, 0.6) is 0 Å². The van der Waals surface area contributed by atoms with Crippen molar-refractivity contribution in [2.24, 2.45) is 0 Å². The summed E-state index contributed by atoms with van der Waals surface area (Å²) in [6, 6.07) is 11.0. The summed E-state index contributed by atoms with van der Waals surface area (Å²) in [5.41, 5.74) is -0.172. The average Bonchev–Trinajstić information content (AvgIpc) is 2.39. The van der Waals surface area contributed by atoms with E-state index in [9.17, 15) is 5.11 Å². The van der Waals surface area contributed by atoms with Gasteiger partial charge in [0.2, 0.25) is 5.28 Å². The number of hydrogen-bond donors (Lipinski definition) is 2. The fraction of sp³-hybridized carbons (Fsp3) is 0.286. The highest BCUT2D eigenvalue weighted by Gasteiger charge is 2.30. The van der Waals surface area contributed by atoms with Gasteiger partial charge in [-0.15, -0.1) is 0 Å². The zero-order valence-electron chi connectivity index (χ0n) is 10.8. The van der Waals surface area contributed by atoms with Crippen LogP contribution in [0.4, 0.5) is 5.82 Å². The molecule has 4 nitrogen and oxygen atoms in total. The van der Waals surface area contributed by atoms with E-state index in [0.717, 1.165) is 5.56 Å². The summed E-state index contributed by atoms with van der Waals surface area (Å²) < 4.78 is 0. The number of aromatic nitrogens is 2. The van der Waals surface area contributed by atoms with Gasteiger partial charge in [0.1, 0.15) is 11.4 Å². The number of halogens is 1. The number of nitrogens with one attached hydrogen (secondary N) is 1. The van der Waals surface area contributed by atoms with Crippen molar-refractivity contribution >= 4 is 17.4 Å². The Morgan fingerprint density at radius 3 is 2.58 bits per heavy atom. The lowest BCUT2D eigenvalue weighted by molar-refractivity contribution is 0.0415. The molecule has 0 amide bonds. The molecule has 2 aromatic rings. The summed E-state index contributed by atoms with van der Waals surface area (Å²) in [4.78, 5) is 7.87. The Hall–Kier alpha value is -1.65. The van der Waals surface area contributed by atoms with E-state index < -0.39 is 5.60 Å². The normalized spacial score (nSPS) is 15.6. The second-order valence-electron chi connectivity index (χ2n) is 4.59. The summed E-state index contributed by atoms with van der Waals surface area (Å²) in [7, 11) is 0. The van der Waals surface area contributed by atoms with Gasteiger partial charge in [-0.05, 0) is 37.1 Å². The third-order valence-electron chi connectivity index (χ3n) is 3.19. The van der Waals surface area contributed by atoms with Crippen molar-refractivity contribution in [2.45, 2.75) is 25.5 Å². The van der Waals surface area contributed by atoms with Gasteiger partial charge in [0, 0.05) is 6.20 Å². The lowest BCUT2D eigenvalue weighted by atomic mass is 9.89. The molecule has 0 aliphatic carbocycles. The van der Waals surface area contributed by atoms with Crippen molar-refractivity contribution < 1.29 is 5.11 Å². The van der Waals surface area contributed by atoms with Crippen LogP contribution in [0.15, 0.2) is 42.6 Å². The van der Waals surface area contributed by atoms with Gasteiger partial charge in [0.15, 0.2) is 0 Å². The molecule has 0 aliphatic heterocycles. The van der Waals surface area contributed by atoms with Crippen molar-refractivity contribution in [2.75, 3.05) is 5.32 Å². The van der Waals surface area contributed by atoms with E-state index in [1.54, 1.807) is 19.2 Å². The Morgan fingerprint density at radius 2 is 1.95 bits per heavy atom. The molecule has 2 atom stereocenters. The van der Waals surface area contributed by atoms with Crippen LogP contribution < -0.4 is 5.32 Å². The minimum absolute atomic E-state index is 0.177. The monoisotopic (exact) mass is 277 g/mol. The van der Waals surface area contributed by atoms with E-state index in [2.05, 4.69) is 15.3 Å². The third kappa shape index (κ3) is 3.22. The van der Waals surface area contributed by atoms with Crippen LogP contribution in [-0.4, -0.2) is 21.1 Å². The zero-order valence-corrected chi connectivity index (χ0v) is 11.6. The predicted molar refractivity (Wildman–Crippen MR) is 76.1 cm³/mol. The van der Waals surface area contributed by atoms with Gasteiger partial charge in [0.05, 0.1) is 6.04 Å². The standard InChI is InChI=1S/C14H16ClN3O/c1-10(17-12-8-9-16-13(15)18-12)14(2,19)11-6-4-3-5-7-11/h3-10,19H,1-2H3,(H,16,17,18).